The fraction of sp³-hybridized carbons (Fsp3) is 0.484. The van der Waals surface area contributed by atoms with Gasteiger partial charge >= 0.3 is 17.1 Å². The van der Waals surface area contributed by atoms with Crippen molar-refractivity contribution in [2.24, 2.45) is 0 Å². The molecule has 0 heterocycles. The van der Waals surface area contributed by atoms with Gasteiger partial charge in [0.25, 0.3) is 0 Å². The van der Waals surface area contributed by atoms with Gasteiger partial charge < -0.3 is 4.74 Å². The van der Waals surface area contributed by atoms with Crippen molar-refractivity contribution in [1.82, 2.24) is 0 Å². The SMILES string of the molecule is COc1c(C)cc(-c2c(P)cc[c-]2P(C2CCCCC2)C2CCCCC2)cc1C.[Fe+2].c1cc[cH-]c1. The first-order chi connectivity index (χ1) is 16.6. The third kappa shape index (κ3) is 7.11. The summed E-state index contributed by atoms with van der Waals surface area (Å²) in [4.78, 5) is 0. The van der Waals surface area contributed by atoms with E-state index in [2.05, 4.69) is 47.4 Å². The predicted octanol–water partition coefficient (Wildman–Crippen LogP) is 8.37. The quantitative estimate of drug-likeness (QED) is 0.177. The molecule has 35 heavy (non-hydrogen) atoms. The minimum absolute atomic E-state index is 0. The number of aryl methyl sites for hydroxylation is 2. The molecular formula is C31H42FeOP2. The molecule has 2 aliphatic rings. The van der Waals surface area contributed by atoms with Gasteiger partial charge in [0, 0.05) is 0 Å². The third-order valence-corrected chi connectivity index (χ3v) is 11.7. The minimum Gasteiger partial charge on any atom is -0.496 e. The summed E-state index contributed by atoms with van der Waals surface area (Å²) in [6.45, 7) is 4.37. The summed E-state index contributed by atoms with van der Waals surface area (Å²) in [7, 11) is 4.74. The van der Waals surface area contributed by atoms with Gasteiger partial charge in [-0.15, -0.1) is 30.2 Å². The summed E-state index contributed by atoms with van der Waals surface area (Å²) >= 11 is 0. The Balaban J connectivity index is 0.000000509. The fourth-order valence-electron chi connectivity index (χ4n) is 6.16. The van der Waals surface area contributed by atoms with Crippen LogP contribution in [0.2, 0.25) is 0 Å². The number of hydrogen-bond donors (Lipinski definition) is 0. The van der Waals surface area contributed by atoms with Gasteiger partial charge in [-0.25, -0.2) is 12.1 Å². The summed E-state index contributed by atoms with van der Waals surface area (Å²) in [6, 6.07) is 19.6. The number of hydrogen-bond acceptors (Lipinski definition) is 1. The molecule has 4 heteroatoms. The van der Waals surface area contributed by atoms with Gasteiger partial charge in [0.1, 0.15) is 5.75 Å². The Morgan fingerprint density at radius 1 is 0.886 bits per heavy atom. The molecule has 2 fully saturated rings. The largest absolute Gasteiger partial charge is 2.00 e. The predicted molar refractivity (Wildman–Crippen MR) is 155 cm³/mol. The molecule has 1 nitrogen and oxygen atoms in total. The first kappa shape index (κ1) is 28.7. The van der Waals surface area contributed by atoms with Gasteiger partial charge in [0.15, 0.2) is 0 Å². The molecule has 1 atom stereocenters. The third-order valence-electron chi connectivity index (χ3n) is 7.69. The van der Waals surface area contributed by atoms with Crippen molar-refractivity contribution in [2.75, 3.05) is 7.11 Å². The Labute approximate surface area is 228 Å². The molecule has 0 saturated heterocycles. The van der Waals surface area contributed by atoms with Crippen molar-refractivity contribution in [1.29, 1.82) is 0 Å². The molecule has 3 aromatic rings. The molecule has 0 aliphatic heterocycles. The van der Waals surface area contributed by atoms with Gasteiger partial charge in [-0.05, 0) is 62.0 Å². The maximum Gasteiger partial charge on any atom is 2.00 e. The molecule has 5 rings (SSSR count). The zero-order chi connectivity index (χ0) is 23.9. The van der Waals surface area contributed by atoms with E-state index in [0.717, 1.165) is 17.1 Å². The number of ether oxygens (including phenoxy) is 1. The van der Waals surface area contributed by atoms with Crippen LogP contribution in [0.25, 0.3) is 11.1 Å². The van der Waals surface area contributed by atoms with Crippen LogP contribution >= 0.6 is 17.2 Å². The van der Waals surface area contributed by atoms with Crippen LogP contribution in [0.5, 0.6) is 5.75 Å². The Hall–Kier alpha value is -0.901. The zero-order valence-corrected chi connectivity index (χ0v) is 24.9. The summed E-state index contributed by atoms with van der Waals surface area (Å²) in [5.74, 6) is 1.04. The number of rotatable bonds is 5. The van der Waals surface area contributed by atoms with E-state index in [-0.39, 0.29) is 25.0 Å². The van der Waals surface area contributed by atoms with E-state index in [4.69, 9.17) is 4.74 Å². The van der Waals surface area contributed by atoms with Crippen molar-refractivity contribution >= 4 is 27.8 Å². The summed E-state index contributed by atoms with van der Waals surface area (Å²) < 4.78 is 5.65. The van der Waals surface area contributed by atoms with E-state index < -0.39 is 0 Å². The van der Waals surface area contributed by atoms with Gasteiger partial charge in [-0.3, -0.25) is 0 Å². The maximum atomic E-state index is 5.65. The fourth-order valence-corrected chi connectivity index (χ4v) is 10.7. The maximum absolute atomic E-state index is 5.65. The van der Waals surface area contributed by atoms with Crippen LogP contribution in [-0.2, 0) is 17.1 Å². The molecule has 3 aromatic carbocycles. The standard InChI is InChI=1S/C26H37OP2.C5H5.Fe/c1-18-16-20(17-19(2)26(18)27-3)25-23(28)14-15-24(25)29(21-10-6-4-7-11-21)22-12-8-5-9-13-22;1-2-4-5-3-1;/h14-17,21-22H,4-13,28H2,1-3H3;1-5H;/q2*-1;+2. The Morgan fingerprint density at radius 3 is 1.83 bits per heavy atom. The van der Waals surface area contributed by atoms with E-state index in [9.17, 15) is 0 Å². The molecule has 0 aromatic heterocycles. The number of methoxy groups -OCH3 is 1. The molecule has 190 valence electrons. The van der Waals surface area contributed by atoms with Gasteiger partial charge in [0.05, 0.1) is 7.11 Å². The topological polar surface area (TPSA) is 9.23 Å². The van der Waals surface area contributed by atoms with Gasteiger partial charge in [-0.1, -0.05) is 56.2 Å². The second kappa shape index (κ2) is 14.1. The van der Waals surface area contributed by atoms with Crippen molar-refractivity contribution in [3.8, 4) is 16.9 Å². The van der Waals surface area contributed by atoms with E-state index >= 15 is 0 Å². The van der Waals surface area contributed by atoms with Crippen LogP contribution < -0.4 is 15.3 Å². The molecule has 0 spiro atoms. The summed E-state index contributed by atoms with van der Waals surface area (Å²) in [5.41, 5.74) is 7.29. The molecule has 2 aliphatic carbocycles. The van der Waals surface area contributed by atoms with E-state index in [1.54, 1.807) is 12.4 Å². The van der Waals surface area contributed by atoms with Crippen molar-refractivity contribution < 1.29 is 21.8 Å². The molecule has 2 saturated carbocycles. The van der Waals surface area contributed by atoms with Crippen molar-refractivity contribution in [3.05, 3.63) is 65.7 Å². The van der Waals surface area contributed by atoms with E-state index in [1.165, 1.54) is 91.8 Å². The monoisotopic (exact) mass is 548 g/mol. The van der Waals surface area contributed by atoms with Gasteiger partial charge in [0.2, 0.25) is 0 Å². The Kier molecular flexibility index (Phi) is 11.6. The molecule has 0 amide bonds. The molecule has 0 N–H and O–H groups in total. The molecule has 1 unspecified atom stereocenters. The Bertz CT molecular complexity index is 953. The van der Waals surface area contributed by atoms with Gasteiger partial charge in [-0.2, -0.15) is 33.5 Å². The van der Waals surface area contributed by atoms with Crippen LogP contribution in [0.3, 0.4) is 0 Å². The van der Waals surface area contributed by atoms with Crippen molar-refractivity contribution in [3.63, 3.8) is 0 Å². The molecule has 0 radical (unpaired) electrons. The second-order valence-electron chi connectivity index (χ2n) is 10.1. The average molecular weight is 548 g/mol. The summed E-state index contributed by atoms with van der Waals surface area (Å²) in [5, 5.41) is 3.08. The van der Waals surface area contributed by atoms with E-state index in [0.29, 0.717) is 0 Å². The molecular weight excluding hydrogens is 506 g/mol. The normalized spacial score (nSPS) is 16.9. The van der Waals surface area contributed by atoms with Crippen LogP contribution in [0, 0.1) is 13.8 Å². The smallest absolute Gasteiger partial charge is 0.496 e. The van der Waals surface area contributed by atoms with Crippen LogP contribution in [0.1, 0.15) is 75.3 Å². The average Bonchev–Trinajstić information content (AvgIpc) is 3.55. The summed E-state index contributed by atoms with van der Waals surface area (Å²) in [6.07, 6.45) is 14.5. The second-order valence-corrected chi connectivity index (χ2v) is 13.5. The Morgan fingerprint density at radius 2 is 1.40 bits per heavy atom. The number of benzene rings is 1. The van der Waals surface area contributed by atoms with Crippen molar-refractivity contribution in [2.45, 2.75) is 89.4 Å². The minimum atomic E-state index is -0.0908. The van der Waals surface area contributed by atoms with E-state index in [1.807, 2.05) is 30.3 Å². The first-order valence-corrected chi connectivity index (χ1v) is 15.3. The van der Waals surface area contributed by atoms with Crippen LogP contribution in [-0.4, -0.2) is 18.4 Å². The zero-order valence-electron chi connectivity index (χ0n) is 21.7. The van der Waals surface area contributed by atoms with Crippen LogP contribution in [0.4, 0.5) is 0 Å². The van der Waals surface area contributed by atoms with Crippen LogP contribution in [0.15, 0.2) is 54.6 Å². The first-order valence-electron chi connectivity index (χ1n) is 13.3. The molecule has 0 bridgehead atoms.